The summed E-state index contributed by atoms with van der Waals surface area (Å²) in [7, 11) is 0. The molecule has 4 aromatic rings. The second-order valence-electron chi connectivity index (χ2n) is 7.07. The summed E-state index contributed by atoms with van der Waals surface area (Å²) < 4.78 is 16.1. The van der Waals surface area contributed by atoms with E-state index in [1.165, 1.54) is 10.7 Å². The number of rotatable bonds is 6. The third-order valence-corrected chi connectivity index (χ3v) is 5.30. The lowest BCUT2D eigenvalue weighted by Gasteiger charge is -2.11. The molecule has 0 atom stereocenters. The minimum Gasteiger partial charge on any atom is -0.273 e. The van der Waals surface area contributed by atoms with Gasteiger partial charge in [-0.15, -0.1) is 0 Å². The van der Waals surface area contributed by atoms with Crippen LogP contribution < -0.4 is 11.0 Å². The lowest BCUT2D eigenvalue weighted by molar-refractivity contribution is -0.120. The van der Waals surface area contributed by atoms with Crippen molar-refractivity contribution in [1.82, 2.24) is 15.2 Å². The number of fused-ring (bicyclic) bond motifs is 1. The predicted molar refractivity (Wildman–Crippen MR) is 125 cm³/mol. The Morgan fingerprint density at radius 3 is 2.53 bits per heavy atom. The molecule has 8 heteroatoms. The van der Waals surface area contributed by atoms with Crippen LogP contribution in [0.2, 0.25) is 0 Å². The fourth-order valence-electron chi connectivity index (χ4n) is 3.26. The van der Waals surface area contributed by atoms with Crippen LogP contribution in [0.3, 0.4) is 0 Å². The van der Waals surface area contributed by atoms with Gasteiger partial charge in [0.1, 0.15) is 5.82 Å². The Hall–Kier alpha value is -3.65. The summed E-state index contributed by atoms with van der Waals surface area (Å²) in [4.78, 5) is 25.4. The van der Waals surface area contributed by atoms with Crippen LogP contribution in [-0.2, 0) is 17.8 Å². The van der Waals surface area contributed by atoms with Gasteiger partial charge in [-0.05, 0) is 23.8 Å². The van der Waals surface area contributed by atoms with E-state index in [1.807, 2.05) is 30.3 Å². The second kappa shape index (κ2) is 9.65. The molecule has 0 fully saturated rings. The first kappa shape index (κ1) is 21.6. The quantitative estimate of drug-likeness (QED) is 0.326. The van der Waals surface area contributed by atoms with Crippen molar-refractivity contribution >= 4 is 38.8 Å². The number of carbonyl (C=O) groups excluding carboxylic acids is 1. The number of halogens is 2. The van der Waals surface area contributed by atoms with E-state index in [4.69, 9.17) is 0 Å². The summed E-state index contributed by atoms with van der Waals surface area (Å²) in [6.45, 7) is -0.0520. The number of nitrogens with one attached hydrogen (secondary N) is 1. The van der Waals surface area contributed by atoms with Gasteiger partial charge in [-0.25, -0.2) is 14.5 Å². The number of nitrogens with zero attached hydrogens (tertiary/aromatic N) is 3. The number of carbonyl (C=O) groups is 1. The van der Waals surface area contributed by atoms with Gasteiger partial charge in [0, 0.05) is 15.4 Å². The van der Waals surface area contributed by atoms with Crippen molar-refractivity contribution in [2.24, 2.45) is 5.10 Å². The first-order valence-corrected chi connectivity index (χ1v) is 10.6. The summed E-state index contributed by atoms with van der Waals surface area (Å²) in [6.07, 6.45) is 1.45. The van der Waals surface area contributed by atoms with E-state index in [2.05, 4.69) is 31.6 Å². The van der Waals surface area contributed by atoms with Gasteiger partial charge in [0.2, 0.25) is 5.91 Å². The van der Waals surface area contributed by atoms with Gasteiger partial charge in [-0.1, -0.05) is 70.5 Å². The van der Waals surface area contributed by atoms with Crippen molar-refractivity contribution < 1.29 is 9.18 Å². The maximum Gasteiger partial charge on any atom is 0.274 e. The van der Waals surface area contributed by atoms with Crippen LogP contribution in [0.5, 0.6) is 0 Å². The molecule has 0 bridgehead atoms. The lowest BCUT2D eigenvalue weighted by atomic mass is 10.1. The summed E-state index contributed by atoms with van der Waals surface area (Å²) in [5, 5.41) is 9.34. The highest BCUT2D eigenvalue weighted by atomic mass is 79.9. The second-order valence-corrected chi connectivity index (χ2v) is 7.99. The Labute approximate surface area is 191 Å². The van der Waals surface area contributed by atoms with Crippen molar-refractivity contribution in [2.45, 2.75) is 13.0 Å². The topological polar surface area (TPSA) is 76.3 Å². The van der Waals surface area contributed by atoms with Gasteiger partial charge in [-0.3, -0.25) is 9.59 Å². The summed E-state index contributed by atoms with van der Waals surface area (Å²) >= 11 is 3.22. The average Bonchev–Trinajstić information content (AvgIpc) is 2.79. The average molecular weight is 493 g/mol. The van der Waals surface area contributed by atoms with Crippen LogP contribution in [-0.4, -0.2) is 21.9 Å². The summed E-state index contributed by atoms with van der Waals surface area (Å²) in [5.41, 5.74) is 3.71. The van der Waals surface area contributed by atoms with E-state index in [1.54, 1.807) is 42.6 Å². The van der Waals surface area contributed by atoms with Crippen LogP contribution in [0.4, 0.5) is 4.39 Å². The maximum absolute atomic E-state index is 14.3. The van der Waals surface area contributed by atoms with Gasteiger partial charge >= 0.3 is 0 Å². The summed E-state index contributed by atoms with van der Waals surface area (Å²) in [6, 6.07) is 20.9. The fraction of sp³-hybridized carbons (Fsp3) is 0.0833. The number of hydrogen-bond donors (Lipinski definition) is 1. The van der Waals surface area contributed by atoms with Gasteiger partial charge in [0.25, 0.3) is 5.56 Å². The molecule has 0 aliphatic heterocycles. The minimum absolute atomic E-state index is 0.0520. The highest BCUT2D eigenvalue weighted by molar-refractivity contribution is 9.10. The molecule has 0 saturated carbocycles. The van der Waals surface area contributed by atoms with Gasteiger partial charge < -0.3 is 0 Å². The highest BCUT2D eigenvalue weighted by Crippen LogP contribution is 2.17. The molecule has 1 aromatic heterocycles. The third-order valence-electron chi connectivity index (χ3n) is 4.81. The number of amides is 1. The number of aromatic nitrogens is 2. The van der Waals surface area contributed by atoms with Crippen LogP contribution >= 0.6 is 15.9 Å². The van der Waals surface area contributed by atoms with Crippen LogP contribution in [0, 0.1) is 5.82 Å². The van der Waals surface area contributed by atoms with Gasteiger partial charge in [0.15, 0.2) is 0 Å². The van der Waals surface area contributed by atoms with E-state index < -0.39 is 5.82 Å². The molecule has 0 saturated heterocycles. The van der Waals surface area contributed by atoms with Gasteiger partial charge in [0.05, 0.1) is 30.3 Å². The predicted octanol–water partition coefficient (Wildman–Crippen LogP) is 4.04. The van der Waals surface area contributed by atoms with E-state index in [9.17, 15) is 14.0 Å². The van der Waals surface area contributed by atoms with Crippen molar-refractivity contribution in [3.05, 3.63) is 110 Å². The van der Waals surface area contributed by atoms with Crippen molar-refractivity contribution in [3.63, 3.8) is 0 Å². The van der Waals surface area contributed by atoms with E-state index in [-0.39, 0.29) is 24.4 Å². The molecule has 160 valence electrons. The molecule has 0 aliphatic carbocycles. The smallest absolute Gasteiger partial charge is 0.273 e. The Balaban J connectivity index is 1.62. The molecular weight excluding hydrogens is 475 g/mol. The molecule has 3 aromatic carbocycles. The van der Waals surface area contributed by atoms with Crippen LogP contribution in [0.15, 0.2) is 87.2 Å². The third kappa shape index (κ3) is 4.97. The molecule has 4 rings (SSSR count). The molecular formula is C24H18BrFN4O2. The Bertz CT molecular complexity index is 1370. The number of hydrazone groups is 1. The monoisotopic (exact) mass is 492 g/mol. The first-order valence-electron chi connectivity index (χ1n) is 9.81. The normalized spacial score (nSPS) is 11.2. The zero-order chi connectivity index (χ0) is 22.5. The standard InChI is InChI=1S/C24H18BrFN4O2/c25-18-11-10-17(21(26)12-18)15-30-24(32)20-9-5-4-8-19(20)22(29-30)13-23(31)28-27-14-16-6-2-1-3-7-16/h1-12,14H,13,15H2,(H,28,31)/b27-14+. The highest BCUT2D eigenvalue weighted by Gasteiger charge is 2.15. The zero-order valence-corrected chi connectivity index (χ0v) is 18.4. The Morgan fingerprint density at radius 2 is 1.78 bits per heavy atom. The largest absolute Gasteiger partial charge is 0.274 e. The molecule has 1 N–H and O–H groups in total. The van der Waals surface area contributed by atoms with Crippen LogP contribution in [0.1, 0.15) is 16.8 Å². The summed E-state index contributed by atoms with van der Waals surface area (Å²) in [5.74, 6) is -0.828. The first-order chi connectivity index (χ1) is 15.5. The van der Waals surface area contributed by atoms with E-state index in [0.29, 0.717) is 26.5 Å². The van der Waals surface area contributed by atoms with Crippen LogP contribution in [0.25, 0.3) is 10.8 Å². The van der Waals surface area contributed by atoms with E-state index in [0.717, 1.165) is 5.56 Å². The van der Waals surface area contributed by atoms with Crippen molar-refractivity contribution in [2.75, 3.05) is 0 Å². The molecule has 1 heterocycles. The van der Waals surface area contributed by atoms with E-state index >= 15 is 0 Å². The molecule has 0 spiro atoms. The molecule has 0 unspecified atom stereocenters. The molecule has 0 aliphatic rings. The number of benzene rings is 3. The molecule has 0 radical (unpaired) electrons. The minimum atomic E-state index is -0.448. The molecule has 6 nitrogen and oxygen atoms in total. The SMILES string of the molecule is O=C(Cc1nn(Cc2ccc(Br)cc2F)c(=O)c2ccccc12)N/N=C/c1ccccc1. The number of hydrogen-bond acceptors (Lipinski definition) is 4. The zero-order valence-electron chi connectivity index (χ0n) is 16.8. The molecule has 32 heavy (non-hydrogen) atoms. The lowest BCUT2D eigenvalue weighted by Crippen LogP contribution is -2.28. The van der Waals surface area contributed by atoms with Crippen molar-refractivity contribution in [3.8, 4) is 0 Å². The Morgan fingerprint density at radius 1 is 1.06 bits per heavy atom. The molecule has 1 amide bonds. The van der Waals surface area contributed by atoms with Crippen molar-refractivity contribution in [1.29, 1.82) is 0 Å². The maximum atomic E-state index is 14.3. The fourth-order valence-corrected chi connectivity index (χ4v) is 3.60. The Kier molecular flexibility index (Phi) is 6.51. The van der Waals surface area contributed by atoms with Gasteiger partial charge in [-0.2, -0.15) is 10.2 Å².